The molecule has 0 saturated heterocycles. The fraction of sp³-hybridized carbons (Fsp3) is 0.286. The lowest BCUT2D eigenvalue weighted by Crippen LogP contribution is -2.50. The van der Waals surface area contributed by atoms with Gasteiger partial charge in [-0.05, 0) is 11.6 Å². The van der Waals surface area contributed by atoms with Crippen LogP contribution in [0.5, 0.6) is 0 Å². The van der Waals surface area contributed by atoms with Crippen LogP contribution in [-0.2, 0) is 22.6 Å². The summed E-state index contributed by atoms with van der Waals surface area (Å²) in [6, 6.07) is 2.69. The Morgan fingerprint density at radius 3 is 2.92 bits per heavy atom. The van der Waals surface area contributed by atoms with Gasteiger partial charge in [0.15, 0.2) is 0 Å². The molecular weight excluding hydrogens is 330 g/mol. The maximum Gasteiger partial charge on any atom is 0.405 e. The number of carboxylic acid groups (broad SMARTS) is 1. The molecule has 130 valence electrons. The summed E-state index contributed by atoms with van der Waals surface area (Å²) in [6.45, 7) is -0.288. The van der Waals surface area contributed by atoms with Gasteiger partial charge in [0.25, 0.3) is 0 Å². The van der Waals surface area contributed by atoms with Gasteiger partial charge in [-0.3, -0.25) is 14.5 Å². The lowest BCUT2D eigenvalue weighted by Gasteiger charge is -2.23. The summed E-state index contributed by atoms with van der Waals surface area (Å²) in [5, 5.41) is 23.3. The fourth-order valence-corrected chi connectivity index (χ4v) is 2.60. The van der Waals surface area contributed by atoms with Crippen LogP contribution in [-0.4, -0.2) is 56.0 Å². The minimum Gasteiger partial charge on any atom is -0.465 e. The second kappa shape index (κ2) is 6.95. The number of anilines is 1. The molecule has 2 aromatic rings. The lowest BCUT2D eigenvalue weighted by molar-refractivity contribution is -0.126. The molecule has 0 radical (unpaired) electrons. The van der Waals surface area contributed by atoms with Crippen molar-refractivity contribution in [3.05, 3.63) is 35.8 Å². The van der Waals surface area contributed by atoms with Crippen molar-refractivity contribution >= 4 is 23.7 Å². The Morgan fingerprint density at radius 1 is 1.36 bits per heavy atom. The smallest absolute Gasteiger partial charge is 0.405 e. The average molecular weight is 345 g/mol. The first-order valence-electron chi connectivity index (χ1n) is 7.41. The van der Waals surface area contributed by atoms with E-state index in [4.69, 9.17) is 5.11 Å². The van der Waals surface area contributed by atoms with Crippen molar-refractivity contribution in [2.45, 2.75) is 19.0 Å². The number of aromatic nitrogens is 4. The van der Waals surface area contributed by atoms with E-state index in [2.05, 4.69) is 25.7 Å². The number of hydrogen-bond donors (Lipinski definition) is 4. The summed E-state index contributed by atoms with van der Waals surface area (Å²) in [5.41, 5.74) is 1.29. The Labute approximate surface area is 141 Å². The van der Waals surface area contributed by atoms with Gasteiger partial charge in [-0.1, -0.05) is 6.07 Å². The molecule has 0 aliphatic carbocycles. The number of nitrogens with zero attached hydrogens (tertiary/aromatic N) is 4. The van der Waals surface area contributed by atoms with Crippen LogP contribution in [0.2, 0.25) is 0 Å². The van der Waals surface area contributed by atoms with Crippen molar-refractivity contribution in [1.29, 1.82) is 0 Å². The van der Waals surface area contributed by atoms with E-state index in [0.717, 1.165) is 5.56 Å². The predicted molar refractivity (Wildman–Crippen MR) is 83.5 cm³/mol. The molecule has 25 heavy (non-hydrogen) atoms. The number of nitrogens with one attached hydrogen (secondary N) is 3. The van der Waals surface area contributed by atoms with Crippen LogP contribution in [0, 0.1) is 0 Å². The highest BCUT2D eigenvalue weighted by Gasteiger charge is 2.39. The number of hydrogen-bond acceptors (Lipinski definition) is 6. The predicted octanol–water partition coefficient (Wildman–Crippen LogP) is -0.959. The van der Waals surface area contributed by atoms with E-state index in [1.165, 1.54) is 17.3 Å². The highest BCUT2D eigenvalue weighted by atomic mass is 16.4. The quantitative estimate of drug-likeness (QED) is 0.544. The molecule has 0 aromatic carbocycles. The monoisotopic (exact) mass is 345 g/mol. The molecule has 0 spiro atoms. The first-order chi connectivity index (χ1) is 12.1. The second-order valence-electron chi connectivity index (χ2n) is 5.31. The molecule has 11 heteroatoms. The number of aromatic amines is 1. The normalized spacial score (nSPS) is 15.5. The molecule has 3 heterocycles. The first kappa shape index (κ1) is 16.4. The second-order valence-corrected chi connectivity index (χ2v) is 5.31. The van der Waals surface area contributed by atoms with E-state index < -0.39 is 24.6 Å². The molecule has 1 aliphatic heterocycles. The van der Waals surface area contributed by atoms with Gasteiger partial charge in [0.2, 0.25) is 11.8 Å². The van der Waals surface area contributed by atoms with Crippen molar-refractivity contribution < 1.29 is 19.5 Å². The third-order valence-corrected chi connectivity index (χ3v) is 3.69. The summed E-state index contributed by atoms with van der Waals surface area (Å²) >= 11 is 0. The Balaban J connectivity index is 1.75. The van der Waals surface area contributed by atoms with E-state index >= 15 is 0 Å². The Hall–Kier alpha value is -3.50. The maximum atomic E-state index is 12.5. The third-order valence-electron chi connectivity index (χ3n) is 3.69. The number of pyridine rings is 1. The van der Waals surface area contributed by atoms with Gasteiger partial charge in [-0.2, -0.15) is 15.4 Å². The summed E-state index contributed by atoms with van der Waals surface area (Å²) in [4.78, 5) is 40.9. The summed E-state index contributed by atoms with van der Waals surface area (Å²) in [6.07, 6.45) is 1.97. The molecule has 2 aromatic heterocycles. The molecule has 3 rings (SSSR count). The third kappa shape index (κ3) is 3.54. The van der Waals surface area contributed by atoms with E-state index in [9.17, 15) is 14.4 Å². The van der Waals surface area contributed by atoms with Crippen LogP contribution >= 0.6 is 0 Å². The molecule has 1 unspecified atom stereocenters. The number of carbonyl (C=O) groups is 3. The molecule has 0 bridgehead atoms. The largest absolute Gasteiger partial charge is 0.465 e. The molecule has 3 amide bonds. The SMILES string of the molecule is O=C(O)NCC(=O)N1c2ncccc2CC1C(=O)NCc1cn[nH]n1. The molecular formula is C14H15N7O4. The summed E-state index contributed by atoms with van der Waals surface area (Å²) < 4.78 is 0. The Morgan fingerprint density at radius 2 is 2.20 bits per heavy atom. The zero-order valence-corrected chi connectivity index (χ0v) is 13.0. The first-order valence-corrected chi connectivity index (χ1v) is 7.41. The van der Waals surface area contributed by atoms with Crippen LogP contribution in [0.15, 0.2) is 24.5 Å². The molecule has 1 atom stereocenters. The number of fused-ring (bicyclic) bond motifs is 1. The summed E-state index contributed by atoms with van der Waals surface area (Å²) in [5.74, 6) is -0.576. The van der Waals surface area contributed by atoms with Crippen LogP contribution in [0.25, 0.3) is 0 Å². The zero-order valence-electron chi connectivity index (χ0n) is 13.0. The summed E-state index contributed by atoms with van der Waals surface area (Å²) in [7, 11) is 0. The highest BCUT2D eigenvalue weighted by Crippen LogP contribution is 2.30. The van der Waals surface area contributed by atoms with Crippen molar-refractivity contribution in [2.24, 2.45) is 0 Å². The van der Waals surface area contributed by atoms with E-state index in [1.54, 1.807) is 12.1 Å². The van der Waals surface area contributed by atoms with Crippen LogP contribution in [0.1, 0.15) is 11.3 Å². The fourth-order valence-electron chi connectivity index (χ4n) is 2.60. The van der Waals surface area contributed by atoms with Crippen molar-refractivity contribution in [3.8, 4) is 0 Å². The molecule has 0 fully saturated rings. The minimum atomic E-state index is -1.32. The van der Waals surface area contributed by atoms with E-state index in [1.807, 2.05) is 5.32 Å². The van der Waals surface area contributed by atoms with Crippen molar-refractivity contribution in [3.63, 3.8) is 0 Å². The topological polar surface area (TPSA) is 153 Å². The highest BCUT2D eigenvalue weighted by molar-refractivity contribution is 6.04. The van der Waals surface area contributed by atoms with Crippen LogP contribution in [0.3, 0.4) is 0 Å². The van der Waals surface area contributed by atoms with Gasteiger partial charge >= 0.3 is 6.09 Å². The van der Waals surface area contributed by atoms with E-state index in [0.29, 0.717) is 17.9 Å². The number of H-pyrrole nitrogens is 1. The number of carbonyl (C=O) groups excluding carboxylic acids is 2. The van der Waals surface area contributed by atoms with Gasteiger partial charge in [0.1, 0.15) is 24.1 Å². The van der Waals surface area contributed by atoms with Gasteiger partial charge in [-0.25, -0.2) is 9.78 Å². The van der Waals surface area contributed by atoms with Crippen molar-refractivity contribution in [2.75, 3.05) is 11.4 Å². The van der Waals surface area contributed by atoms with Crippen LogP contribution < -0.4 is 15.5 Å². The number of amides is 3. The number of rotatable bonds is 5. The Kier molecular flexibility index (Phi) is 4.55. The molecule has 4 N–H and O–H groups in total. The average Bonchev–Trinajstić information content (AvgIpc) is 3.24. The molecule has 0 saturated carbocycles. The van der Waals surface area contributed by atoms with Gasteiger partial charge in [0.05, 0.1) is 12.7 Å². The van der Waals surface area contributed by atoms with Gasteiger partial charge < -0.3 is 15.7 Å². The molecule has 1 aliphatic rings. The van der Waals surface area contributed by atoms with Crippen LogP contribution in [0.4, 0.5) is 10.6 Å². The standard InChI is InChI=1S/C14H15N7O4/c22-11(7-17-14(24)25)21-10(4-8-2-1-3-15-12(8)21)13(23)16-5-9-6-18-20-19-9/h1-3,6,10,17H,4-5,7H2,(H,16,23)(H,24,25)(H,18,19,20). The van der Waals surface area contributed by atoms with Gasteiger partial charge in [-0.15, -0.1) is 0 Å². The Bertz CT molecular complexity index is 792. The van der Waals surface area contributed by atoms with E-state index in [-0.39, 0.29) is 12.5 Å². The van der Waals surface area contributed by atoms with Crippen molar-refractivity contribution in [1.82, 2.24) is 31.0 Å². The minimum absolute atomic E-state index is 0.158. The lowest BCUT2D eigenvalue weighted by atomic mass is 10.1. The zero-order chi connectivity index (χ0) is 17.8. The maximum absolute atomic E-state index is 12.5. The molecule has 11 nitrogen and oxygen atoms in total. The van der Waals surface area contributed by atoms with Gasteiger partial charge in [0, 0.05) is 12.6 Å².